The van der Waals surface area contributed by atoms with E-state index in [0.29, 0.717) is 0 Å². The van der Waals surface area contributed by atoms with E-state index in [4.69, 9.17) is 0 Å². The fraction of sp³-hybridized carbons (Fsp3) is 0.143. The zero-order valence-electron chi connectivity index (χ0n) is 7.02. The lowest BCUT2D eigenvalue weighted by molar-refractivity contribution is 0.0591. The van der Waals surface area contributed by atoms with Crippen molar-refractivity contribution < 1.29 is 18.4 Å². The number of ether oxygens (including phenoxy) is 1. The molecule has 0 unspecified atom stereocenters. The van der Waals surface area contributed by atoms with Crippen LogP contribution in [0, 0.1) is 5.95 Å². The molecule has 2 heterocycles. The Morgan fingerprint density at radius 2 is 2.43 bits per heavy atom. The highest BCUT2D eigenvalue weighted by atomic mass is 19.1. The maximum atomic E-state index is 12.7. The molecule has 0 aliphatic heterocycles. The maximum absolute atomic E-state index is 12.7. The maximum Gasteiger partial charge on any atom is 0.362 e. The van der Waals surface area contributed by atoms with Crippen LogP contribution >= 0.6 is 0 Å². The Balaban J connectivity index is 2.67. The normalized spacial score (nSPS) is 10.4. The molecule has 0 atom stereocenters. The van der Waals surface area contributed by atoms with Crippen molar-refractivity contribution in [3.05, 3.63) is 17.8 Å². The van der Waals surface area contributed by atoms with Gasteiger partial charge in [-0.2, -0.15) is 4.39 Å². The quantitative estimate of drug-likeness (QED) is 0.621. The van der Waals surface area contributed by atoms with Crippen LogP contribution in [0.25, 0.3) is 11.2 Å². The summed E-state index contributed by atoms with van der Waals surface area (Å²) < 4.78 is 21.7. The van der Waals surface area contributed by atoms with Crippen molar-refractivity contribution in [3.63, 3.8) is 0 Å². The molecule has 0 bridgehead atoms. The van der Waals surface area contributed by atoms with Crippen molar-refractivity contribution in [3.8, 4) is 0 Å². The Morgan fingerprint density at radius 3 is 3.14 bits per heavy atom. The van der Waals surface area contributed by atoms with Gasteiger partial charge in [0.2, 0.25) is 11.6 Å². The van der Waals surface area contributed by atoms with Gasteiger partial charge in [0.25, 0.3) is 5.71 Å². The number of hydrogen-bond donors (Lipinski definition) is 0. The molecule has 2 rings (SSSR count). The van der Waals surface area contributed by atoms with Crippen molar-refractivity contribution in [1.82, 2.24) is 15.1 Å². The molecule has 6 nitrogen and oxygen atoms in total. The number of aromatic nitrogens is 3. The molecule has 0 fully saturated rings. The van der Waals surface area contributed by atoms with Gasteiger partial charge in [-0.1, -0.05) is 5.16 Å². The fourth-order valence-corrected chi connectivity index (χ4v) is 0.940. The van der Waals surface area contributed by atoms with Crippen LogP contribution in [-0.2, 0) is 4.74 Å². The van der Waals surface area contributed by atoms with Gasteiger partial charge in [0.15, 0.2) is 5.52 Å². The number of hydrogen-bond acceptors (Lipinski definition) is 6. The largest absolute Gasteiger partial charge is 0.464 e. The standard InChI is InChI=1S/C7H4FN3O3/c1-13-7(12)5-4-6(14-11-5)9-2-3(8)10-4/h2H,1H3. The zero-order valence-corrected chi connectivity index (χ0v) is 7.02. The summed E-state index contributed by atoms with van der Waals surface area (Å²) in [7, 11) is 1.18. The van der Waals surface area contributed by atoms with E-state index in [9.17, 15) is 9.18 Å². The van der Waals surface area contributed by atoms with Crippen LogP contribution in [0.3, 0.4) is 0 Å². The zero-order chi connectivity index (χ0) is 10.1. The summed E-state index contributed by atoms with van der Waals surface area (Å²) in [6.07, 6.45) is 0.870. The Hall–Kier alpha value is -2.05. The first-order chi connectivity index (χ1) is 6.72. The first kappa shape index (κ1) is 8.54. The monoisotopic (exact) mass is 197 g/mol. The van der Waals surface area contributed by atoms with Crippen molar-refractivity contribution in [2.45, 2.75) is 0 Å². The Morgan fingerprint density at radius 1 is 1.64 bits per heavy atom. The topological polar surface area (TPSA) is 78.1 Å². The summed E-state index contributed by atoms with van der Waals surface area (Å²) in [4.78, 5) is 18.0. The second kappa shape index (κ2) is 3.02. The molecule has 0 spiro atoms. The average molecular weight is 197 g/mol. The molecule has 0 aliphatic carbocycles. The van der Waals surface area contributed by atoms with Crippen molar-refractivity contribution >= 4 is 17.2 Å². The smallest absolute Gasteiger partial charge is 0.362 e. The Bertz CT molecular complexity index is 496. The summed E-state index contributed by atoms with van der Waals surface area (Å²) in [5.41, 5.74) is -0.238. The lowest BCUT2D eigenvalue weighted by Crippen LogP contribution is -2.02. The predicted molar refractivity (Wildman–Crippen MR) is 40.9 cm³/mol. The molecule has 0 radical (unpaired) electrons. The highest BCUT2D eigenvalue weighted by Gasteiger charge is 2.19. The first-order valence-electron chi connectivity index (χ1n) is 3.58. The Kier molecular flexibility index (Phi) is 1.84. The SMILES string of the molecule is COC(=O)c1noc2ncc(F)nc12. The molecule has 0 amide bonds. The molecule has 0 N–H and O–H groups in total. The molecule has 0 saturated carbocycles. The van der Waals surface area contributed by atoms with Gasteiger partial charge in [-0.3, -0.25) is 0 Å². The van der Waals surface area contributed by atoms with E-state index in [1.807, 2.05) is 0 Å². The van der Waals surface area contributed by atoms with Crippen molar-refractivity contribution in [2.75, 3.05) is 7.11 Å². The Labute approximate surface area is 76.7 Å². The second-order valence-corrected chi connectivity index (χ2v) is 2.37. The van der Waals surface area contributed by atoms with E-state index in [0.717, 1.165) is 6.20 Å². The van der Waals surface area contributed by atoms with Gasteiger partial charge in [-0.15, -0.1) is 0 Å². The van der Waals surface area contributed by atoms with Gasteiger partial charge in [0.1, 0.15) is 0 Å². The number of halogens is 1. The highest BCUT2D eigenvalue weighted by Crippen LogP contribution is 2.14. The van der Waals surface area contributed by atoms with Crippen LogP contribution in [0.1, 0.15) is 10.5 Å². The number of carbonyl (C=O) groups excluding carboxylic acids is 1. The molecular formula is C7H4FN3O3. The summed E-state index contributed by atoms with van der Waals surface area (Å²) >= 11 is 0. The molecule has 2 aromatic heterocycles. The van der Waals surface area contributed by atoms with E-state index in [2.05, 4.69) is 24.4 Å². The van der Waals surface area contributed by atoms with Gasteiger partial charge in [-0.25, -0.2) is 14.8 Å². The summed E-state index contributed by atoms with van der Waals surface area (Å²) in [6, 6.07) is 0. The number of methoxy groups -OCH3 is 1. The molecule has 0 saturated heterocycles. The minimum Gasteiger partial charge on any atom is -0.464 e. The molecule has 0 aliphatic rings. The van der Waals surface area contributed by atoms with Gasteiger partial charge in [-0.05, 0) is 0 Å². The van der Waals surface area contributed by atoms with Crippen LogP contribution in [-0.4, -0.2) is 28.2 Å². The highest BCUT2D eigenvalue weighted by molar-refractivity contribution is 5.98. The van der Waals surface area contributed by atoms with Crippen LogP contribution in [0.4, 0.5) is 4.39 Å². The molecular weight excluding hydrogens is 193 g/mol. The minimum absolute atomic E-state index is 0.00759. The lowest BCUT2D eigenvalue weighted by atomic mass is 10.4. The predicted octanol–water partition coefficient (Wildman–Crippen LogP) is 0.543. The summed E-state index contributed by atoms with van der Waals surface area (Å²) in [6.45, 7) is 0. The third kappa shape index (κ3) is 1.18. The lowest BCUT2D eigenvalue weighted by Gasteiger charge is -1.91. The van der Waals surface area contributed by atoms with Crippen molar-refractivity contribution in [2.24, 2.45) is 0 Å². The van der Waals surface area contributed by atoms with Crippen LogP contribution in [0.15, 0.2) is 10.7 Å². The molecule has 14 heavy (non-hydrogen) atoms. The van der Waals surface area contributed by atoms with E-state index < -0.39 is 11.9 Å². The summed E-state index contributed by atoms with van der Waals surface area (Å²) in [5, 5.41) is 3.37. The number of esters is 1. The number of carbonyl (C=O) groups is 1. The van der Waals surface area contributed by atoms with Gasteiger partial charge in [0, 0.05) is 0 Å². The molecule has 2 aromatic rings. The van der Waals surface area contributed by atoms with E-state index in [1.165, 1.54) is 7.11 Å². The fourth-order valence-electron chi connectivity index (χ4n) is 0.940. The van der Waals surface area contributed by atoms with Gasteiger partial charge in [0.05, 0.1) is 13.3 Å². The third-order valence-electron chi connectivity index (χ3n) is 1.54. The van der Waals surface area contributed by atoms with E-state index >= 15 is 0 Å². The number of fused-ring (bicyclic) bond motifs is 1. The summed E-state index contributed by atoms with van der Waals surface area (Å²) in [5.74, 6) is -1.56. The minimum atomic E-state index is -0.814. The molecule has 7 heteroatoms. The third-order valence-corrected chi connectivity index (χ3v) is 1.54. The second-order valence-electron chi connectivity index (χ2n) is 2.37. The number of rotatable bonds is 1. The van der Waals surface area contributed by atoms with E-state index in [-0.39, 0.29) is 16.9 Å². The van der Waals surface area contributed by atoms with Crippen LogP contribution in [0.5, 0.6) is 0 Å². The molecule has 0 aromatic carbocycles. The van der Waals surface area contributed by atoms with Gasteiger partial charge >= 0.3 is 5.97 Å². The average Bonchev–Trinajstić information content (AvgIpc) is 2.59. The van der Waals surface area contributed by atoms with Gasteiger partial charge < -0.3 is 9.26 Å². The van der Waals surface area contributed by atoms with Crippen LogP contribution < -0.4 is 0 Å². The van der Waals surface area contributed by atoms with Crippen molar-refractivity contribution in [1.29, 1.82) is 0 Å². The van der Waals surface area contributed by atoms with Crippen LogP contribution in [0.2, 0.25) is 0 Å². The molecule has 72 valence electrons. The number of nitrogens with zero attached hydrogens (tertiary/aromatic N) is 3. The van der Waals surface area contributed by atoms with E-state index in [1.54, 1.807) is 0 Å². The first-order valence-corrected chi connectivity index (χ1v) is 3.58.